The summed E-state index contributed by atoms with van der Waals surface area (Å²) in [5.41, 5.74) is 7.44. The first kappa shape index (κ1) is 16.7. The van der Waals surface area contributed by atoms with Crippen molar-refractivity contribution in [3.05, 3.63) is 29.8 Å². The molecule has 112 valence electrons. The Morgan fingerprint density at radius 2 is 2.00 bits per heavy atom. The molecule has 0 heterocycles. The summed E-state index contributed by atoms with van der Waals surface area (Å²) >= 11 is 0. The number of nitrogens with one attached hydrogen (secondary N) is 1. The molecule has 0 saturated carbocycles. The summed E-state index contributed by atoms with van der Waals surface area (Å²) in [6.07, 6.45) is 2.10. The smallest absolute Gasteiger partial charge is 0.241 e. The average Bonchev–Trinajstić information content (AvgIpc) is 2.47. The molecule has 3 N–H and O–H groups in total. The van der Waals surface area contributed by atoms with E-state index in [1.165, 1.54) is 0 Å². The Balaban J connectivity index is 2.69. The second kappa shape index (κ2) is 8.02. The van der Waals surface area contributed by atoms with Crippen molar-refractivity contribution in [2.75, 3.05) is 12.4 Å². The van der Waals surface area contributed by atoms with E-state index in [4.69, 9.17) is 5.73 Å². The summed E-state index contributed by atoms with van der Waals surface area (Å²) < 4.78 is 0. The van der Waals surface area contributed by atoms with Gasteiger partial charge >= 0.3 is 0 Å². The van der Waals surface area contributed by atoms with E-state index in [0.717, 1.165) is 24.1 Å². The topological polar surface area (TPSA) is 58.4 Å². The Kier molecular flexibility index (Phi) is 6.68. The van der Waals surface area contributed by atoms with E-state index in [2.05, 4.69) is 24.1 Å². The normalized spacial score (nSPS) is 12.8. The Bertz CT molecular complexity index is 429. The van der Waals surface area contributed by atoms with Gasteiger partial charge in [0, 0.05) is 18.3 Å². The molecular weight excluding hydrogens is 250 g/mol. The molecule has 0 fully saturated rings. The fourth-order valence-corrected chi connectivity index (χ4v) is 2.39. The quantitative estimate of drug-likeness (QED) is 0.805. The number of rotatable bonds is 7. The van der Waals surface area contributed by atoms with Gasteiger partial charge < -0.3 is 11.1 Å². The number of hydrogen-bond acceptors (Lipinski definition) is 3. The predicted molar refractivity (Wildman–Crippen MR) is 84.6 cm³/mol. The van der Waals surface area contributed by atoms with E-state index in [9.17, 15) is 4.79 Å². The Hall–Kier alpha value is -1.39. The molecule has 1 amide bonds. The number of benzene rings is 1. The Morgan fingerprint density at radius 3 is 2.55 bits per heavy atom. The largest absolute Gasteiger partial charge is 0.326 e. The third-order valence-corrected chi connectivity index (χ3v) is 3.94. The minimum Gasteiger partial charge on any atom is -0.326 e. The van der Waals surface area contributed by atoms with Crippen LogP contribution < -0.4 is 11.1 Å². The molecule has 0 radical (unpaired) electrons. The maximum Gasteiger partial charge on any atom is 0.241 e. The van der Waals surface area contributed by atoms with E-state index >= 15 is 0 Å². The third kappa shape index (κ3) is 4.32. The van der Waals surface area contributed by atoms with Crippen LogP contribution in [0.4, 0.5) is 5.69 Å². The molecule has 0 saturated heterocycles. The van der Waals surface area contributed by atoms with E-state index in [1.807, 2.05) is 38.2 Å². The second-order valence-corrected chi connectivity index (χ2v) is 5.21. The summed E-state index contributed by atoms with van der Waals surface area (Å²) in [5.74, 6) is 0.0218. The number of likely N-dealkylation sites (N-methyl/N-ethyl adjacent to an activating group) is 1. The molecule has 1 aromatic rings. The lowest BCUT2D eigenvalue weighted by molar-refractivity contribution is -0.121. The van der Waals surface area contributed by atoms with Crippen LogP contribution in [-0.2, 0) is 11.3 Å². The minimum absolute atomic E-state index is 0.0218. The van der Waals surface area contributed by atoms with Crippen LogP contribution in [0.3, 0.4) is 0 Å². The van der Waals surface area contributed by atoms with Crippen LogP contribution >= 0.6 is 0 Å². The van der Waals surface area contributed by atoms with Gasteiger partial charge in [0.2, 0.25) is 5.91 Å². The van der Waals surface area contributed by atoms with Gasteiger partial charge in [-0.3, -0.25) is 9.69 Å². The molecule has 1 atom stereocenters. The lowest BCUT2D eigenvalue weighted by atomic mass is 10.1. The van der Waals surface area contributed by atoms with Gasteiger partial charge in [0.25, 0.3) is 0 Å². The highest BCUT2D eigenvalue weighted by Gasteiger charge is 2.22. The molecule has 0 aliphatic heterocycles. The van der Waals surface area contributed by atoms with Gasteiger partial charge in [-0.05, 0) is 44.5 Å². The highest BCUT2D eigenvalue weighted by molar-refractivity contribution is 5.94. The Labute approximate surface area is 122 Å². The van der Waals surface area contributed by atoms with Crippen molar-refractivity contribution >= 4 is 11.6 Å². The number of nitrogens with two attached hydrogens (primary N) is 1. The van der Waals surface area contributed by atoms with Crippen molar-refractivity contribution in [3.8, 4) is 0 Å². The van der Waals surface area contributed by atoms with Crippen LogP contribution in [-0.4, -0.2) is 29.9 Å². The number of nitrogens with zero attached hydrogens (tertiary/aromatic N) is 1. The van der Waals surface area contributed by atoms with Crippen LogP contribution in [0.1, 0.15) is 39.2 Å². The molecule has 1 rings (SSSR count). The highest BCUT2D eigenvalue weighted by Crippen LogP contribution is 2.14. The van der Waals surface area contributed by atoms with Crippen molar-refractivity contribution in [3.63, 3.8) is 0 Å². The fraction of sp³-hybridized carbons (Fsp3) is 0.562. The molecule has 1 aromatic carbocycles. The lowest BCUT2D eigenvalue weighted by Gasteiger charge is -2.31. The van der Waals surface area contributed by atoms with Crippen molar-refractivity contribution in [2.24, 2.45) is 5.73 Å². The van der Waals surface area contributed by atoms with Gasteiger partial charge in [0.05, 0.1) is 6.04 Å². The van der Waals surface area contributed by atoms with Crippen molar-refractivity contribution in [1.29, 1.82) is 0 Å². The van der Waals surface area contributed by atoms with E-state index < -0.39 is 0 Å². The van der Waals surface area contributed by atoms with Crippen LogP contribution in [0.2, 0.25) is 0 Å². The molecule has 4 nitrogen and oxygen atoms in total. The van der Waals surface area contributed by atoms with Gasteiger partial charge in [0.15, 0.2) is 0 Å². The second-order valence-electron chi connectivity index (χ2n) is 5.21. The molecule has 0 bridgehead atoms. The maximum absolute atomic E-state index is 12.3. The molecule has 4 heteroatoms. The van der Waals surface area contributed by atoms with Crippen molar-refractivity contribution in [1.82, 2.24) is 4.90 Å². The van der Waals surface area contributed by atoms with Crippen LogP contribution in [0.15, 0.2) is 24.3 Å². The molecule has 0 spiro atoms. The van der Waals surface area contributed by atoms with Gasteiger partial charge in [0.1, 0.15) is 0 Å². The lowest BCUT2D eigenvalue weighted by Crippen LogP contribution is -2.44. The van der Waals surface area contributed by atoms with Crippen molar-refractivity contribution in [2.45, 2.75) is 52.2 Å². The minimum atomic E-state index is -0.151. The number of amides is 1. The zero-order chi connectivity index (χ0) is 15.1. The van der Waals surface area contributed by atoms with Gasteiger partial charge in [-0.1, -0.05) is 26.0 Å². The first-order valence-electron chi connectivity index (χ1n) is 7.35. The summed E-state index contributed by atoms with van der Waals surface area (Å²) in [7, 11) is 2.01. The highest BCUT2D eigenvalue weighted by atomic mass is 16.2. The van der Waals surface area contributed by atoms with Gasteiger partial charge in [-0.2, -0.15) is 0 Å². The molecule has 1 unspecified atom stereocenters. The third-order valence-electron chi connectivity index (χ3n) is 3.94. The standard InChI is InChI=1S/C16H27N3O/c1-5-15(6-2)19(4)12(3)16(20)18-14-9-7-8-13(10-14)11-17/h7-10,12,15H,5-6,11,17H2,1-4H3,(H,18,20). The molecule has 0 aliphatic rings. The molecular formula is C16H27N3O. The van der Waals surface area contributed by atoms with E-state index in [-0.39, 0.29) is 11.9 Å². The summed E-state index contributed by atoms with van der Waals surface area (Å²) in [6.45, 7) is 6.73. The number of carbonyl (C=O) groups excluding carboxylic acids is 1. The number of hydrogen-bond donors (Lipinski definition) is 2. The SMILES string of the molecule is CCC(CC)N(C)C(C)C(=O)Nc1cccc(CN)c1. The van der Waals surface area contributed by atoms with Crippen molar-refractivity contribution < 1.29 is 4.79 Å². The first-order valence-corrected chi connectivity index (χ1v) is 7.35. The number of carbonyl (C=O) groups is 1. The monoisotopic (exact) mass is 277 g/mol. The predicted octanol–water partition coefficient (Wildman–Crippen LogP) is 2.59. The first-order chi connectivity index (χ1) is 9.53. The molecule has 0 aliphatic carbocycles. The number of anilines is 1. The van der Waals surface area contributed by atoms with Crippen LogP contribution in [0.5, 0.6) is 0 Å². The molecule has 0 aromatic heterocycles. The molecule has 20 heavy (non-hydrogen) atoms. The Morgan fingerprint density at radius 1 is 1.35 bits per heavy atom. The zero-order valence-electron chi connectivity index (χ0n) is 13.0. The fourth-order valence-electron chi connectivity index (χ4n) is 2.39. The van der Waals surface area contributed by atoms with Crippen LogP contribution in [0.25, 0.3) is 0 Å². The van der Waals surface area contributed by atoms with E-state index in [1.54, 1.807) is 0 Å². The maximum atomic E-state index is 12.3. The van der Waals surface area contributed by atoms with E-state index in [0.29, 0.717) is 12.6 Å². The summed E-state index contributed by atoms with van der Waals surface area (Å²) in [4.78, 5) is 14.4. The summed E-state index contributed by atoms with van der Waals surface area (Å²) in [6, 6.07) is 7.96. The van der Waals surface area contributed by atoms with Gasteiger partial charge in [-0.15, -0.1) is 0 Å². The van der Waals surface area contributed by atoms with Crippen LogP contribution in [0, 0.1) is 0 Å². The van der Waals surface area contributed by atoms with Gasteiger partial charge in [-0.25, -0.2) is 0 Å². The zero-order valence-corrected chi connectivity index (χ0v) is 13.0. The average molecular weight is 277 g/mol. The summed E-state index contributed by atoms with van der Waals surface area (Å²) in [5, 5.41) is 2.96.